The standard InChI is InChI=1S/C29H33NO3/c1-4-19-30(20-18-24-14-16-27(17-15-24)32-21-5-2)22-26-12-9-13-28(31-3)29(26)33-23-25-10-7-6-8-11-25/h4-17H,1-2,18-23H2,3H3. The van der Waals surface area contributed by atoms with Gasteiger partial charge in [-0.15, -0.1) is 6.58 Å². The van der Waals surface area contributed by atoms with Crippen LogP contribution in [0.3, 0.4) is 0 Å². The van der Waals surface area contributed by atoms with Gasteiger partial charge in [-0.1, -0.05) is 73.3 Å². The number of nitrogens with zero attached hydrogens (tertiary/aromatic N) is 1. The van der Waals surface area contributed by atoms with Crippen molar-refractivity contribution >= 4 is 0 Å². The van der Waals surface area contributed by atoms with Gasteiger partial charge in [0, 0.05) is 25.2 Å². The molecule has 0 heterocycles. The highest BCUT2D eigenvalue weighted by molar-refractivity contribution is 5.46. The molecule has 0 atom stereocenters. The summed E-state index contributed by atoms with van der Waals surface area (Å²) in [5, 5.41) is 0. The van der Waals surface area contributed by atoms with E-state index in [2.05, 4.69) is 48.4 Å². The van der Waals surface area contributed by atoms with Crippen molar-refractivity contribution in [2.24, 2.45) is 0 Å². The summed E-state index contributed by atoms with van der Waals surface area (Å²) in [6.07, 6.45) is 4.62. The van der Waals surface area contributed by atoms with Gasteiger partial charge in [-0.3, -0.25) is 4.90 Å². The summed E-state index contributed by atoms with van der Waals surface area (Å²) < 4.78 is 17.4. The van der Waals surface area contributed by atoms with Crippen LogP contribution in [0.4, 0.5) is 0 Å². The van der Waals surface area contributed by atoms with Gasteiger partial charge < -0.3 is 14.2 Å². The molecule has 33 heavy (non-hydrogen) atoms. The first kappa shape index (κ1) is 24.1. The van der Waals surface area contributed by atoms with Crippen LogP contribution in [-0.4, -0.2) is 31.7 Å². The van der Waals surface area contributed by atoms with Gasteiger partial charge in [0.15, 0.2) is 11.5 Å². The van der Waals surface area contributed by atoms with Crippen molar-refractivity contribution in [2.75, 3.05) is 26.8 Å². The van der Waals surface area contributed by atoms with Crippen LogP contribution in [0.2, 0.25) is 0 Å². The Morgan fingerprint density at radius 3 is 2.30 bits per heavy atom. The summed E-state index contributed by atoms with van der Waals surface area (Å²) in [6, 6.07) is 24.5. The SMILES string of the molecule is C=CCOc1ccc(CCN(CC=C)Cc2cccc(OC)c2OCc2ccccc2)cc1. The topological polar surface area (TPSA) is 30.9 Å². The van der Waals surface area contributed by atoms with Crippen LogP contribution < -0.4 is 14.2 Å². The normalized spacial score (nSPS) is 10.6. The van der Waals surface area contributed by atoms with Gasteiger partial charge >= 0.3 is 0 Å². The first-order valence-corrected chi connectivity index (χ1v) is 11.2. The lowest BCUT2D eigenvalue weighted by Gasteiger charge is -2.23. The van der Waals surface area contributed by atoms with E-state index in [9.17, 15) is 0 Å². The number of methoxy groups -OCH3 is 1. The summed E-state index contributed by atoms with van der Waals surface area (Å²) in [7, 11) is 1.68. The number of ether oxygens (including phenoxy) is 3. The predicted molar refractivity (Wildman–Crippen MR) is 135 cm³/mol. The number of para-hydroxylation sites is 1. The third-order valence-electron chi connectivity index (χ3n) is 5.30. The molecule has 3 aromatic rings. The van der Waals surface area contributed by atoms with Crippen LogP contribution in [0.1, 0.15) is 16.7 Å². The maximum absolute atomic E-state index is 6.23. The van der Waals surface area contributed by atoms with Crippen LogP contribution in [0.15, 0.2) is 98.1 Å². The molecule has 3 aromatic carbocycles. The van der Waals surface area contributed by atoms with Crippen molar-refractivity contribution < 1.29 is 14.2 Å². The molecule has 4 heteroatoms. The van der Waals surface area contributed by atoms with Crippen molar-refractivity contribution in [2.45, 2.75) is 19.6 Å². The van der Waals surface area contributed by atoms with Gasteiger partial charge in [0.1, 0.15) is 19.0 Å². The molecule has 0 amide bonds. The van der Waals surface area contributed by atoms with Crippen molar-refractivity contribution in [1.82, 2.24) is 4.90 Å². The second kappa shape index (κ2) is 13.1. The fourth-order valence-electron chi connectivity index (χ4n) is 3.59. The number of benzene rings is 3. The maximum Gasteiger partial charge on any atom is 0.166 e. The lowest BCUT2D eigenvalue weighted by atomic mass is 10.1. The number of rotatable bonds is 14. The molecule has 0 fully saturated rings. The van der Waals surface area contributed by atoms with Crippen LogP contribution >= 0.6 is 0 Å². The second-order valence-electron chi connectivity index (χ2n) is 7.74. The first-order chi connectivity index (χ1) is 16.2. The zero-order chi connectivity index (χ0) is 23.3. The molecule has 0 aromatic heterocycles. The Morgan fingerprint density at radius 1 is 0.818 bits per heavy atom. The molecule has 0 saturated heterocycles. The highest BCUT2D eigenvalue weighted by Crippen LogP contribution is 2.32. The Balaban J connectivity index is 1.67. The third kappa shape index (κ3) is 7.55. The van der Waals surface area contributed by atoms with Crippen molar-refractivity contribution in [3.8, 4) is 17.2 Å². The van der Waals surface area contributed by atoms with Gasteiger partial charge in [0.05, 0.1) is 7.11 Å². The largest absolute Gasteiger partial charge is 0.493 e. The van der Waals surface area contributed by atoms with E-state index in [-0.39, 0.29) is 0 Å². The van der Waals surface area contributed by atoms with Gasteiger partial charge in [-0.05, 0) is 35.7 Å². The van der Waals surface area contributed by atoms with E-state index in [4.69, 9.17) is 14.2 Å². The fraction of sp³-hybridized carbons (Fsp3) is 0.241. The molecule has 0 unspecified atom stereocenters. The zero-order valence-electron chi connectivity index (χ0n) is 19.4. The summed E-state index contributed by atoms with van der Waals surface area (Å²) in [5.74, 6) is 2.40. The monoisotopic (exact) mass is 443 g/mol. The molecule has 0 bridgehead atoms. The quantitative estimate of drug-likeness (QED) is 0.283. The Morgan fingerprint density at radius 2 is 1.61 bits per heavy atom. The molecule has 4 nitrogen and oxygen atoms in total. The van der Waals surface area contributed by atoms with E-state index in [0.29, 0.717) is 13.2 Å². The Labute approximate surface area is 197 Å². The molecule has 0 aliphatic carbocycles. The molecule has 0 N–H and O–H groups in total. The van der Waals surface area contributed by atoms with Gasteiger partial charge in [0.25, 0.3) is 0 Å². The first-order valence-electron chi connectivity index (χ1n) is 11.2. The Bertz CT molecular complexity index is 999. The lowest BCUT2D eigenvalue weighted by Crippen LogP contribution is -2.26. The minimum absolute atomic E-state index is 0.496. The van der Waals surface area contributed by atoms with Crippen molar-refractivity contribution in [3.05, 3.63) is 115 Å². The van der Waals surface area contributed by atoms with Crippen molar-refractivity contribution in [3.63, 3.8) is 0 Å². The minimum Gasteiger partial charge on any atom is -0.493 e. The van der Waals surface area contributed by atoms with E-state index in [1.54, 1.807) is 13.2 Å². The summed E-state index contributed by atoms with van der Waals surface area (Å²) in [6.45, 7) is 11.1. The van der Waals surface area contributed by atoms with Crippen molar-refractivity contribution in [1.29, 1.82) is 0 Å². The van der Waals surface area contributed by atoms with Gasteiger partial charge in [-0.25, -0.2) is 0 Å². The van der Waals surface area contributed by atoms with E-state index in [1.165, 1.54) is 5.56 Å². The zero-order valence-corrected chi connectivity index (χ0v) is 19.4. The molecule has 172 valence electrons. The summed E-state index contributed by atoms with van der Waals surface area (Å²) >= 11 is 0. The minimum atomic E-state index is 0.496. The predicted octanol–water partition coefficient (Wildman–Crippen LogP) is 6.07. The Hall–Kier alpha value is -3.50. The molecule has 0 spiro atoms. The van der Waals surface area contributed by atoms with Gasteiger partial charge in [-0.2, -0.15) is 0 Å². The third-order valence-corrected chi connectivity index (χ3v) is 5.30. The van der Waals surface area contributed by atoms with Crippen LogP contribution in [0, 0.1) is 0 Å². The molecule has 3 rings (SSSR count). The smallest absolute Gasteiger partial charge is 0.166 e. The molecule has 0 saturated carbocycles. The molecule has 0 aliphatic rings. The molecular formula is C29H33NO3. The highest BCUT2D eigenvalue weighted by atomic mass is 16.5. The van der Waals surface area contributed by atoms with Crippen LogP contribution in [0.25, 0.3) is 0 Å². The van der Waals surface area contributed by atoms with E-state index < -0.39 is 0 Å². The van der Waals surface area contributed by atoms with Crippen LogP contribution in [0.5, 0.6) is 17.2 Å². The average Bonchev–Trinajstić information content (AvgIpc) is 2.86. The summed E-state index contributed by atoms with van der Waals surface area (Å²) in [5.41, 5.74) is 3.49. The fourth-order valence-corrected chi connectivity index (χ4v) is 3.59. The van der Waals surface area contributed by atoms with E-state index in [0.717, 1.165) is 54.4 Å². The average molecular weight is 444 g/mol. The maximum atomic E-state index is 6.23. The molecular weight excluding hydrogens is 410 g/mol. The molecule has 0 radical (unpaired) electrons. The number of hydrogen-bond donors (Lipinski definition) is 0. The Kier molecular flexibility index (Phi) is 9.62. The second-order valence-corrected chi connectivity index (χ2v) is 7.74. The lowest BCUT2D eigenvalue weighted by molar-refractivity contribution is 0.262. The van der Waals surface area contributed by atoms with Gasteiger partial charge in [0.2, 0.25) is 0 Å². The molecule has 0 aliphatic heterocycles. The van der Waals surface area contributed by atoms with E-state index >= 15 is 0 Å². The highest BCUT2D eigenvalue weighted by Gasteiger charge is 2.14. The summed E-state index contributed by atoms with van der Waals surface area (Å²) in [4.78, 5) is 2.36. The van der Waals surface area contributed by atoms with E-state index in [1.807, 2.05) is 48.5 Å². The van der Waals surface area contributed by atoms with Crippen LogP contribution in [-0.2, 0) is 19.6 Å². The number of hydrogen-bond acceptors (Lipinski definition) is 4.